The first-order valence-corrected chi connectivity index (χ1v) is 11.0. The Morgan fingerprint density at radius 3 is 2.41 bits per heavy atom. The van der Waals surface area contributed by atoms with E-state index >= 15 is 0 Å². The van der Waals surface area contributed by atoms with Crippen molar-refractivity contribution in [3.8, 4) is 5.75 Å². The number of amides is 3. The van der Waals surface area contributed by atoms with E-state index in [4.69, 9.17) is 4.74 Å². The van der Waals surface area contributed by atoms with E-state index in [0.717, 1.165) is 16.9 Å². The Balaban J connectivity index is 1.61. The fraction of sp³-hybridized carbons (Fsp3) is 0.185. The Morgan fingerprint density at radius 2 is 1.74 bits per heavy atom. The van der Waals surface area contributed by atoms with Gasteiger partial charge in [-0.2, -0.15) is 0 Å². The van der Waals surface area contributed by atoms with E-state index in [1.807, 2.05) is 54.6 Å². The molecule has 0 aliphatic carbocycles. The zero-order valence-electron chi connectivity index (χ0n) is 18.9. The lowest BCUT2D eigenvalue weighted by molar-refractivity contribution is -0.134. The first-order chi connectivity index (χ1) is 16.5. The quantitative estimate of drug-likeness (QED) is 0.546. The molecule has 0 spiro atoms. The zero-order valence-corrected chi connectivity index (χ0v) is 18.9. The first kappa shape index (κ1) is 23.0. The summed E-state index contributed by atoms with van der Waals surface area (Å²) in [7, 11) is 1.60. The molecule has 3 aromatic rings. The highest BCUT2D eigenvalue weighted by molar-refractivity contribution is 5.92. The van der Waals surface area contributed by atoms with Crippen LogP contribution in [0.4, 0.5) is 14.9 Å². The Kier molecular flexibility index (Phi) is 7.22. The molecule has 7 heteroatoms. The maximum atomic E-state index is 13.5. The van der Waals surface area contributed by atoms with Gasteiger partial charge in [0.1, 0.15) is 18.1 Å². The van der Waals surface area contributed by atoms with Crippen molar-refractivity contribution in [2.24, 2.45) is 0 Å². The minimum atomic E-state index is -0.353. The molecule has 1 atom stereocenters. The molecular weight excluding hydrogens is 433 g/mol. The van der Waals surface area contributed by atoms with Gasteiger partial charge in [0.05, 0.1) is 13.2 Å². The minimum Gasteiger partial charge on any atom is -0.497 e. The molecular formula is C27H26FN3O3. The largest absolute Gasteiger partial charge is 0.497 e. The summed E-state index contributed by atoms with van der Waals surface area (Å²) in [5, 5.41) is 2.83. The third-order valence-electron chi connectivity index (χ3n) is 5.66. The number of rotatable bonds is 5. The van der Waals surface area contributed by atoms with Crippen LogP contribution in [0.3, 0.4) is 0 Å². The van der Waals surface area contributed by atoms with Gasteiger partial charge < -0.3 is 19.9 Å². The molecule has 34 heavy (non-hydrogen) atoms. The normalized spacial score (nSPS) is 17.0. The topological polar surface area (TPSA) is 61.9 Å². The van der Waals surface area contributed by atoms with Crippen molar-refractivity contribution >= 4 is 17.6 Å². The van der Waals surface area contributed by atoms with Crippen LogP contribution in [0.2, 0.25) is 0 Å². The lowest BCUT2D eigenvalue weighted by atomic mass is 10.0. The lowest BCUT2D eigenvalue weighted by Gasteiger charge is -2.34. The van der Waals surface area contributed by atoms with Gasteiger partial charge in [-0.15, -0.1) is 0 Å². The van der Waals surface area contributed by atoms with Crippen LogP contribution in [0.5, 0.6) is 5.75 Å². The van der Waals surface area contributed by atoms with Crippen molar-refractivity contribution < 1.29 is 18.7 Å². The van der Waals surface area contributed by atoms with Crippen molar-refractivity contribution in [2.75, 3.05) is 25.5 Å². The SMILES string of the molecule is COc1ccc(C2/C=C\CN(C(=O)Nc3ccccc3)CC(=O)N2Cc2ccc(F)cc2)cc1. The van der Waals surface area contributed by atoms with Crippen LogP contribution in [0.15, 0.2) is 91.0 Å². The van der Waals surface area contributed by atoms with Gasteiger partial charge in [0.25, 0.3) is 0 Å². The number of benzene rings is 3. The van der Waals surface area contributed by atoms with E-state index in [2.05, 4.69) is 5.32 Å². The molecule has 1 unspecified atom stereocenters. The molecule has 0 aromatic heterocycles. The number of carbonyl (C=O) groups excluding carboxylic acids is 2. The highest BCUT2D eigenvalue weighted by Crippen LogP contribution is 2.28. The van der Waals surface area contributed by atoms with Crippen molar-refractivity contribution in [3.63, 3.8) is 0 Å². The van der Waals surface area contributed by atoms with E-state index in [9.17, 15) is 14.0 Å². The van der Waals surface area contributed by atoms with Crippen molar-refractivity contribution in [1.82, 2.24) is 9.80 Å². The molecule has 1 N–H and O–H groups in total. The summed E-state index contributed by atoms with van der Waals surface area (Å²) < 4.78 is 18.7. The standard InChI is InChI=1S/C27H26FN3O3/c1-34-24-15-11-21(12-16-24)25-8-5-17-30(27(33)29-23-6-3-2-4-7-23)19-26(32)31(25)18-20-9-13-22(28)14-10-20/h2-16,25H,17-19H2,1H3,(H,29,33)/b8-5-. The first-order valence-electron chi connectivity index (χ1n) is 11.0. The third kappa shape index (κ3) is 5.61. The molecule has 1 aliphatic heterocycles. The Labute approximate surface area is 198 Å². The number of hydrogen-bond acceptors (Lipinski definition) is 3. The van der Waals surface area contributed by atoms with Crippen molar-refractivity contribution in [2.45, 2.75) is 12.6 Å². The fourth-order valence-corrected chi connectivity index (χ4v) is 3.84. The number of carbonyl (C=O) groups is 2. The Hall–Kier alpha value is -4.13. The number of nitrogens with zero attached hydrogens (tertiary/aromatic N) is 2. The zero-order chi connectivity index (χ0) is 23.9. The summed E-state index contributed by atoms with van der Waals surface area (Å²) in [6.07, 6.45) is 3.81. The smallest absolute Gasteiger partial charge is 0.322 e. The van der Waals surface area contributed by atoms with Gasteiger partial charge in [-0.25, -0.2) is 9.18 Å². The highest BCUT2D eigenvalue weighted by atomic mass is 19.1. The molecule has 1 heterocycles. The molecule has 0 saturated carbocycles. The van der Waals surface area contributed by atoms with Crippen LogP contribution < -0.4 is 10.1 Å². The molecule has 0 saturated heterocycles. The van der Waals surface area contributed by atoms with Gasteiger partial charge in [0, 0.05) is 18.8 Å². The second kappa shape index (κ2) is 10.7. The number of hydrogen-bond donors (Lipinski definition) is 1. The summed E-state index contributed by atoms with van der Waals surface area (Å²) in [6.45, 7) is 0.479. The summed E-state index contributed by atoms with van der Waals surface area (Å²) in [5.41, 5.74) is 2.36. The summed E-state index contributed by atoms with van der Waals surface area (Å²) >= 11 is 0. The van der Waals surface area contributed by atoms with Gasteiger partial charge in [-0.05, 0) is 47.5 Å². The van der Waals surface area contributed by atoms with Crippen LogP contribution >= 0.6 is 0 Å². The van der Waals surface area contributed by atoms with Crippen LogP contribution in [-0.2, 0) is 11.3 Å². The van der Waals surface area contributed by atoms with Gasteiger partial charge >= 0.3 is 6.03 Å². The number of para-hydroxylation sites is 1. The molecule has 3 amide bonds. The highest BCUT2D eigenvalue weighted by Gasteiger charge is 2.28. The average Bonchev–Trinajstić information content (AvgIpc) is 2.85. The second-order valence-corrected chi connectivity index (χ2v) is 7.97. The number of urea groups is 1. The van der Waals surface area contributed by atoms with Crippen LogP contribution in [0.1, 0.15) is 17.2 Å². The number of ether oxygens (including phenoxy) is 1. The number of anilines is 1. The second-order valence-electron chi connectivity index (χ2n) is 7.97. The van der Waals surface area contributed by atoms with E-state index in [-0.39, 0.29) is 36.9 Å². The molecule has 3 aromatic carbocycles. The molecule has 1 aliphatic rings. The Morgan fingerprint density at radius 1 is 1.03 bits per heavy atom. The molecule has 0 bridgehead atoms. The van der Waals surface area contributed by atoms with E-state index < -0.39 is 0 Å². The monoisotopic (exact) mass is 459 g/mol. The van der Waals surface area contributed by atoms with Gasteiger partial charge in [0.15, 0.2) is 0 Å². The van der Waals surface area contributed by atoms with Gasteiger partial charge in [-0.3, -0.25) is 4.79 Å². The van der Waals surface area contributed by atoms with Crippen molar-refractivity contribution in [3.05, 3.63) is 108 Å². The molecule has 4 rings (SSSR count). The average molecular weight is 460 g/mol. The predicted octanol–water partition coefficient (Wildman–Crippen LogP) is 5.01. The fourth-order valence-electron chi connectivity index (χ4n) is 3.84. The number of nitrogens with one attached hydrogen (secondary N) is 1. The van der Waals surface area contributed by atoms with Crippen LogP contribution in [0, 0.1) is 5.82 Å². The molecule has 0 radical (unpaired) electrons. The van der Waals surface area contributed by atoms with Gasteiger partial charge in [0.2, 0.25) is 5.91 Å². The molecule has 0 fully saturated rings. The summed E-state index contributed by atoms with van der Waals surface area (Å²) in [4.78, 5) is 29.5. The van der Waals surface area contributed by atoms with Gasteiger partial charge in [-0.1, -0.05) is 54.6 Å². The van der Waals surface area contributed by atoms with Crippen LogP contribution in [-0.4, -0.2) is 41.9 Å². The summed E-state index contributed by atoms with van der Waals surface area (Å²) in [5.74, 6) is 0.176. The molecule has 174 valence electrons. The minimum absolute atomic E-state index is 0.0865. The van der Waals surface area contributed by atoms with E-state index in [0.29, 0.717) is 12.2 Å². The number of halogens is 1. The van der Waals surface area contributed by atoms with Crippen LogP contribution in [0.25, 0.3) is 0 Å². The maximum Gasteiger partial charge on any atom is 0.322 e. The molecule has 6 nitrogen and oxygen atoms in total. The maximum absolute atomic E-state index is 13.5. The lowest BCUT2D eigenvalue weighted by Crippen LogP contribution is -2.46. The Bertz CT molecular complexity index is 1150. The van der Waals surface area contributed by atoms with E-state index in [1.165, 1.54) is 17.0 Å². The van der Waals surface area contributed by atoms with Crippen molar-refractivity contribution in [1.29, 1.82) is 0 Å². The third-order valence-corrected chi connectivity index (χ3v) is 5.66. The predicted molar refractivity (Wildman–Crippen MR) is 129 cm³/mol. The summed E-state index contributed by atoms with van der Waals surface area (Å²) in [6, 6.07) is 22.0. The number of methoxy groups -OCH3 is 1. The van der Waals surface area contributed by atoms with E-state index in [1.54, 1.807) is 36.3 Å².